The zero-order valence-corrected chi connectivity index (χ0v) is 14.2. The molecule has 0 aliphatic heterocycles. The first kappa shape index (κ1) is 15.0. The molecule has 1 aromatic carbocycles. The highest BCUT2D eigenvalue weighted by molar-refractivity contribution is 7.71. The molecule has 0 aliphatic rings. The number of ether oxygens (including phenoxy) is 1. The molecule has 2 heterocycles. The summed E-state index contributed by atoms with van der Waals surface area (Å²) in [4.78, 5) is 18.2. The second-order valence-electron chi connectivity index (χ2n) is 4.98. The molecule has 3 rings (SSSR count). The number of hydrogen-bond acceptors (Lipinski definition) is 4. The monoisotopic (exact) mass is 332 g/mol. The predicted octanol–water partition coefficient (Wildman–Crippen LogP) is 3.99. The summed E-state index contributed by atoms with van der Waals surface area (Å²) in [5.41, 5.74) is 1.66. The molecular weight excluding hydrogens is 316 g/mol. The zero-order valence-electron chi connectivity index (χ0n) is 12.6. The van der Waals surface area contributed by atoms with Gasteiger partial charge in [-0.15, -0.1) is 11.3 Å². The number of fused-ring (bicyclic) bond motifs is 1. The summed E-state index contributed by atoms with van der Waals surface area (Å²) in [5.74, 6) is 0.690. The Bertz CT molecular complexity index is 966. The Labute approximate surface area is 137 Å². The lowest BCUT2D eigenvalue weighted by atomic mass is 10.2. The van der Waals surface area contributed by atoms with E-state index < -0.39 is 0 Å². The second kappa shape index (κ2) is 5.70. The zero-order chi connectivity index (χ0) is 15.9. The van der Waals surface area contributed by atoms with Gasteiger partial charge >= 0.3 is 0 Å². The molecule has 0 saturated heterocycles. The van der Waals surface area contributed by atoms with Crippen LogP contribution in [-0.4, -0.2) is 16.7 Å². The summed E-state index contributed by atoms with van der Waals surface area (Å²) >= 11 is 6.99. The summed E-state index contributed by atoms with van der Waals surface area (Å²) in [6.45, 7) is 4.08. The first-order valence-corrected chi connectivity index (χ1v) is 8.21. The SMILES string of the molecule is CCc1sc2[nH]c(=S)n(-c3cccc(OC)c3)c(=O)c2c1C. The van der Waals surface area contributed by atoms with Crippen molar-refractivity contribution in [3.05, 3.63) is 49.8 Å². The van der Waals surface area contributed by atoms with Crippen LogP contribution >= 0.6 is 23.6 Å². The third kappa shape index (κ3) is 2.28. The van der Waals surface area contributed by atoms with E-state index in [1.807, 2.05) is 25.1 Å². The topological polar surface area (TPSA) is 47.0 Å². The molecule has 0 radical (unpaired) electrons. The number of aromatic amines is 1. The molecule has 0 atom stereocenters. The molecular formula is C16H16N2O2S2. The average molecular weight is 332 g/mol. The van der Waals surface area contributed by atoms with E-state index in [4.69, 9.17) is 17.0 Å². The summed E-state index contributed by atoms with van der Waals surface area (Å²) in [7, 11) is 1.60. The van der Waals surface area contributed by atoms with Crippen LogP contribution in [-0.2, 0) is 6.42 Å². The van der Waals surface area contributed by atoms with Crippen LogP contribution in [0.4, 0.5) is 0 Å². The molecule has 0 saturated carbocycles. The van der Waals surface area contributed by atoms with E-state index in [0.29, 0.717) is 16.2 Å². The number of thiophene rings is 1. The lowest BCUT2D eigenvalue weighted by molar-refractivity contribution is 0.414. The van der Waals surface area contributed by atoms with Crippen LogP contribution in [0, 0.1) is 11.7 Å². The smallest absolute Gasteiger partial charge is 0.267 e. The third-order valence-corrected chi connectivity index (χ3v) is 5.35. The molecule has 6 heteroatoms. The Balaban J connectivity index is 2.37. The van der Waals surface area contributed by atoms with Crippen molar-refractivity contribution >= 4 is 33.8 Å². The van der Waals surface area contributed by atoms with Crippen LogP contribution in [0.2, 0.25) is 0 Å². The minimum absolute atomic E-state index is 0.0829. The average Bonchev–Trinajstić information content (AvgIpc) is 2.83. The van der Waals surface area contributed by atoms with Gasteiger partial charge in [0.15, 0.2) is 4.77 Å². The number of nitrogens with one attached hydrogen (secondary N) is 1. The summed E-state index contributed by atoms with van der Waals surface area (Å²) in [5, 5.41) is 0.721. The van der Waals surface area contributed by atoms with Crippen molar-refractivity contribution in [1.29, 1.82) is 0 Å². The molecule has 0 fully saturated rings. The van der Waals surface area contributed by atoms with Crippen LogP contribution in [0.3, 0.4) is 0 Å². The predicted molar refractivity (Wildman–Crippen MR) is 93.3 cm³/mol. The van der Waals surface area contributed by atoms with Crippen LogP contribution in [0.15, 0.2) is 29.1 Å². The molecule has 0 aliphatic carbocycles. The van der Waals surface area contributed by atoms with Gasteiger partial charge in [0.05, 0.1) is 18.2 Å². The first-order chi connectivity index (χ1) is 10.6. The molecule has 22 heavy (non-hydrogen) atoms. The van der Waals surface area contributed by atoms with Crippen molar-refractivity contribution in [1.82, 2.24) is 9.55 Å². The van der Waals surface area contributed by atoms with Gasteiger partial charge in [-0.3, -0.25) is 9.36 Å². The molecule has 1 N–H and O–H groups in total. The van der Waals surface area contributed by atoms with Crippen LogP contribution in [0.5, 0.6) is 5.75 Å². The summed E-state index contributed by atoms with van der Waals surface area (Å²) in [6.07, 6.45) is 0.907. The third-order valence-electron chi connectivity index (χ3n) is 3.72. The fourth-order valence-electron chi connectivity index (χ4n) is 2.58. The number of nitrogens with zero attached hydrogens (tertiary/aromatic N) is 1. The fraction of sp³-hybridized carbons (Fsp3) is 0.250. The highest BCUT2D eigenvalue weighted by Crippen LogP contribution is 2.28. The number of benzene rings is 1. The van der Waals surface area contributed by atoms with E-state index in [9.17, 15) is 4.79 Å². The van der Waals surface area contributed by atoms with Gasteiger partial charge in [0.25, 0.3) is 5.56 Å². The van der Waals surface area contributed by atoms with Gasteiger partial charge in [-0.25, -0.2) is 0 Å². The minimum atomic E-state index is -0.0829. The van der Waals surface area contributed by atoms with Crippen LogP contribution in [0.25, 0.3) is 15.9 Å². The highest BCUT2D eigenvalue weighted by Gasteiger charge is 2.15. The molecule has 0 amide bonds. The van der Waals surface area contributed by atoms with E-state index in [1.165, 1.54) is 9.44 Å². The van der Waals surface area contributed by atoms with Crippen molar-refractivity contribution in [3.63, 3.8) is 0 Å². The molecule has 114 valence electrons. The maximum Gasteiger partial charge on any atom is 0.267 e. The fourth-order valence-corrected chi connectivity index (χ4v) is 4.08. The molecule has 0 spiro atoms. The van der Waals surface area contributed by atoms with E-state index in [1.54, 1.807) is 24.5 Å². The Morgan fingerprint density at radius 2 is 2.18 bits per heavy atom. The molecule has 0 unspecified atom stereocenters. The van der Waals surface area contributed by atoms with Crippen molar-refractivity contribution in [2.75, 3.05) is 7.11 Å². The van der Waals surface area contributed by atoms with E-state index in [0.717, 1.165) is 22.2 Å². The van der Waals surface area contributed by atoms with E-state index >= 15 is 0 Å². The van der Waals surface area contributed by atoms with Gasteiger partial charge in [-0.2, -0.15) is 0 Å². The number of H-pyrrole nitrogens is 1. The molecule has 2 aromatic heterocycles. The van der Waals surface area contributed by atoms with Gasteiger partial charge < -0.3 is 9.72 Å². The highest BCUT2D eigenvalue weighted by atomic mass is 32.1. The largest absolute Gasteiger partial charge is 0.497 e. The van der Waals surface area contributed by atoms with Crippen molar-refractivity contribution in [2.24, 2.45) is 0 Å². The first-order valence-electron chi connectivity index (χ1n) is 6.98. The van der Waals surface area contributed by atoms with Gasteiger partial charge in [0, 0.05) is 10.9 Å². The lowest BCUT2D eigenvalue weighted by Crippen LogP contribution is -2.20. The van der Waals surface area contributed by atoms with Crippen LogP contribution in [0.1, 0.15) is 17.4 Å². The molecule has 4 nitrogen and oxygen atoms in total. The molecule has 0 bridgehead atoms. The van der Waals surface area contributed by atoms with E-state index in [2.05, 4.69) is 11.9 Å². The van der Waals surface area contributed by atoms with Gasteiger partial charge in [-0.05, 0) is 43.3 Å². The van der Waals surface area contributed by atoms with Crippen molar-refractivity contribution in [3.8, 4) is 11.4 Å². The number of hydrogen-bond donors (Lipinski definition) is 1. The summed E-state index contributed by atoms with van der Waals surface area (Å²) < 4.78 is 7.16. The normalized spacial score (nSPS) is 11.0. The van der Waals surface area contributed by atoms with E-state index in [-0.39, 0.29) is 5.56 Å². The summed E-state index contributed by atoms with van der Waals surface area (Å²) in [6, 6.07) is 7.34. The van der Waals surface area contributed by atoms with Gasteiger partial charge in [-0.1, -0.05) is 13.0 Å². The standard InChI is InChI=1S/C16H16N2O2S2/c1-4-12-9(2)13-14(22-12)17-16(21)18(15(13)19)10-6-5-7-11(8-10)20-3/h5-8H,4H2,1-3H3,(H,17,21). The van der Waals surface area contributed by atoms with Gasteiger partial charge in [0.2, 0.25) is 0 Å². The number of aryl methyl sites for hydroxylation is 2. The van der Waals surface area contributed by atoms with Crippen LogP contribution < -0.4 is 10.3 Å². The quantitative estimate of drug-likeness (QED) is 0.738. The Morgan fingerprint density at radius 3 is 2.86 bits per heavy atom. The number of aromatic nitrogens is 2. The maximum absolute atomic E-state index is 12.9. The maximum atomic E-state index is 12.9. The minimum Gasteiger partial charge on any atom is -0.497 e. The van der Waals surface area contributed by atoms with Crippen molar-refractivity contribution in [2.45, 2.75) is 20.3 Å². The Hall–Kier alpha value is -1.92. The lowest BCUT2D eigenvalue weighted by Gasteiger charge is -2.08. The molecule has 3 aromatic rings. The van der Waals surface area contributed by atoms with Crippen molar-refractivity contribution < 1.29 is 4.74 Å². The number of rotatable bonds is 3. The number of methoxy groups -OCH3 is 1. The van der Waals surface area contributed by atoms with Gasteiger partial charge in [0.1, 0.15) is 10.6 Å². The Morgan fingerprint density at radius 1 is 1.41 bits per heavy atom. The Kier molecular flexibility index (Phi) is 3.88. The second-order valence-corrected chi connectivity index (χ2v) is 6.47.